The molecule has 3 aromatic rings. The van der Waals surface area contributed by atoms with Crippen LogP contribution >= 0.6 is 0 Å². The van der Waals surface area contributed by atoms with Crippen molar-refractivity contribution in [3.8, 4) is 17.0 Å². The van der Waals surface area contributed by atoms with Gasteiger partial charge in [0.15, 0.2) is 11.6 Å². The van der Waals surface area contributed by atoms with E-state index in [0.29, 0.717) is 28.8 Å². The van der Waals surface area contributed by atoms with E-state index >= 15 is 0 Å². The van der Waals surface area contributed by atoms with Crippen LogP contribution in [0.5, 0.6) is 5.88 Å². The number of nitrogens with zero attached hydrogens (tertiary/aromatic N) is 1. The Balaban J connectivity index is 2.25. The molecule has 0 fully saturated rings. The number of benzene rings is 2. The standard InChI is InChI=1S/C21H19F2NO/c1-5-25-21-16-12(4)19(23)18(22)11(3)15(16)17-14-9-7-6-8-13(14)10(2)20(17)24-21/h6-10H,5H2,1-4H3. The highest BCUT2D eigenvalue weighted by Crippen LogP contribution is 2.50. The molecule has 1 aromatic heterocycles. The van der Waals surface area contributed by atoms with E-state index in [1.807, 2.05) is 25.1 Å². The minimum absolute atomic E-state index is 0.0858. The summed E-state index contributed by atoms with van der Waals surface area (Å²) in [7, 11) is 0. The van der Waals surface area contributed by atoms with Gasteiger partial charge in [0.05, 0.1) is 17.7 Å². The summed E-state index contributed by atoms with van der Waals surface area (Å²) in [5.41, 5.74) is 4.52. The first-order chi connectivity index (χ1) is 12.0. The molecule has 4 heteroatoms. The van der Waals surface area contributed by atoms with E-state index in [1.54, 1.807) is 13.8 Å². The number of halogens is 2. The number of hydrogen-bond donors (Lipinski definition) is 0. The van der Waals surface area contributed by atoms with Gasteiger partial charge in [-0.1, -0.05) is 31.2 Å². The van der Waals surface area contributed by atoms with Crippen LogP contribution in [0.4, 0.5) is 8.78 Å². The first-order valence-electron chi connectivity index (χ1n) is 8.51. The van der Waals surface area contributed by atoms with Crippen molar-refractivity contribution < 1.29 is 13.5 Å². The van der Waals surface area contributed by atoms with Gasteiger partial charge in [0, 0.05) is 22.4 Å². The van der Waals surface area contributed by atoms with Gasteiger partial charge in [0.25, 0.3) is 0 Å². The van der Waals surface area contributed by atoms with E-state index in [9.17, 15) is 8.78 Å². The van der Waals surface area contributed by atoms with Crippen LogP contribution in [0, 0.1) is 25.5 Å². The quantitative estimate of drug-likeness (QED) is 0.601. The number of fused-ring (bicyclic) bond motifs is 5. The summed E-state index contributed by atoms with van der Waals surface area (Å²) in [4.78, 5) is 4.73. The molecule has 0 radical (unpaired) electrons. The van der Waals surface area contributed by atoms with Crippen molar-refractivity contribution in [2.45, 2.75) is 33.6 Å². The van der Waals surface area contributed by atoms with E-state index in [-0.39, 0.29) is 11.5 Å². The largest absolute Gasteiger partial charge is 0.478 e. The van der Waals surface area contributed by atoms with Crippen molar-refractivity contribution in [3.05, 3.63) is 58.3 Å². The summed E-state index contributed by atoms with van der Waals surface area (Å²) in [6, 6.07) is 8.04. The molecule has 0 aliphatic heterocycles. The molecule has 0 saturated heterocycles. The van der Waals surface area contributed by atoms with Crippen LogP contribution in [0.25, 0.3) is 21.9 Å². The fourth-order valence-electron chi connectivity index (χ4n) is 3.93. The molecular formula is C21H19F2NO. The predicted octanol–water partition coefficient (Wildman–Crippen LogP) is 5.66. The van der Waals surface area contributed by atoms with Crippen molar-refractivity contribution in [3.63, 3.8) is 0 Å². The molecule has 0 saturated carbocycles. The fraction of sp³-hybridized carbons (Fsp3) is 0.286. The lowest BCUT2D eigenvalue weighted by Gasteiger charge is -2.17. The van der Waals surface area contributed by atoms with Gasteiger partial charge in [-0.2, -0.15) is 0 Å². The Morgan fingerprint density at radius 3 is 2.36 bits per heavy atom. The smallest absolute Gasteiger partial charge is 0.222 e. The second-order valence-electron chi connectivity index (χ2n) is 6.55. The third-order valence-corrected chi connectivity index (χ3v) is 5.18. The lowest BCUT2D eigenvalue weighted by atomic mass is 9.93. The first-order valence-corrected chi connectivity index (χ1v) is 8.51. The van der Waals surface area contributed by atoms with Gasteiger partial charge < -0.3 is 4.74 Å². The zero-order valence-electron chi connectivity index (χ0n) is 14.7. The number of pyridine rings is 1. The van der Waals surface area contributed by atoms with Crippen LogP contribution in [0.15, 0.2) is 24.3 Å². The average molecular weight is 339 g/mol. The third-order valence-electron chi connectivity index (χ3n) is 5.18. The zero-order chi connectivity index (χ0) is 17.9. The SMILES string of the molecule is CCOc1nc2c(c3c(C)c(F)c(F)c(C)c13)-c1ccccc1C2C. The third kappa shape index (κ3) is 2.03. The van der Waals surface area contributed by atoms with E-state index in [4.69, 9.17) is 9.72 Å². The Kier molecular flexibility index (Phi) is 3.53. The summed E-state index contributed by atoms with van der Waals surface area (Å²) in [5, 5.41) is 1.28. The van der Waals surface area contributed by atoms with Crippen molar-refractivity contribution in [1.82, 2.24) is 4.98 Å². The van der Waals surface area contributed by atoms with E-state index < -0.39 is 11.6 Å². The predicted molar refractivity (Wildman–Crippen MR) is 95.3 cm³/mol. The van der Waals surface area contributed by atoms with E-state index in [2.05, 4.69) is 13.0 Å². The number of aryl methyl sites for hydroxylation is 2. The maximum absolute atomic E-state index is 14.5. The van der Waals surface area contributed by atoms with Gasteiger partial charge in [0.1, 0.15) is 0 Å². The van der Waals surface area contributed by atoms with Gasteiger partial charge in [-0.05, 0) is 37.5 Å². The topological polar surface area (TPSA) is 22.1 Å². The van der Waals surface area contributed by atoms with E-state index in [1.165, 1.54) is 0 Å². The van der Waals surface area contributed by atoms with E-state index in [0.717, 1.165) is 22.4 Å². The molecule has 1 aliphatic rings. The van der Waals surface area contributed by atoms with Gasteiger partial charge in [-0.25, -0.2) is 13.8 Å². The van der Waals surface area contributed by atoms with Crippen LogP contribution in [0.3, 0.4) is 0 Å². The number of aromatic nitrogens is 1. The Morgan fingerprint density at radius 2 is 1.68 bits per heavy atom. The molecule has 4 rings (SSSR count). The lowest BCUT2D eigenvalue weighted by Crippen LogP contribution is -2.05. The highest BCUT2D eigenvalue weighted by Gasteiger charge is 2.32. The second-order valence-corrected chi connectivity index (χ2v) is 6.55. The van der Waals surface area contributed by atoms with Gasteiger partial charge in [-0.3, -0.25) is 0 Å². The second kappa shape index (κ2) is 5.51. The fourth-order valence-corrected chi connectivity index (χ4v) is 3.93. The highest BCUT2D eigenvalue weighted by molar-refractivity contribution is 6.06. The van der Waals surface area contributed by atoms with Gasteiger partial charge in [-0.15, -0.1) is 0 Å². The van der Waals surface area contributed by atoms with Crippen molar-refractivity contribution in [2.75, 3.05) is 6.61 Å². The molecule has 2 nitrogen and oxygen atoms in total. The van der Waals surface area contributed by atoms with Crippen LogP contribution < -0.4 is 4.74 Å². The summed E-state index contributed by atoms with van der Waals surface area (Å²) >= 11 is 0. The molecule has 2 aromatic carbocycles. The van der Waals surface area contributed by atoms with Crippen LogP contribution in [-0.4, -0.2) is 11.6 Å². The molecule has 1 unspecified atom stereocenters. The van der Waals surface area contributed by atoms with Crippen molar-refractivity contribution in [2.24, 2.45) is 0 Å². The molecule has 0 bridgehead atoms. The maximum atomic E-state index is 14.5. The van der Waals surface area contributed by atoms with Crippen LogP contribution in [0.2, 0.25) is 0 Å². The number of ether oxygens (including phenoxy) is 1. The molecular weight excluding hydrogens is 320 g/mol. The average Bonchev–Trinajstić information content (AvgIpc) is 2.90. The molecule has 0 N–H and O–H groups in total. The summed E-state index contributed by atoms with van der Waals surface area (Å²) < 4.78 is 34.7. The minimum Gasteiger partial charge on any atom is -0.478 e. The Morgan fingerprint density at radius 1 is 1.04 bits per heavy atom. The van der Waals surface area contributed by atoms with Gasteiger partial charge in [0.2, 0.25) is 5.88 Å². The summed E-state index contributed by atoms with van der Waals surface area (Å²) in [6.45, 7) is 7.57. The van der Waals surface area contributed by atoms with Gasteiger partial charge >= 0.3 is 0 Å². The monoisotopic (exact) mass is 339 g/mol. The lowest BCUT2D eigenvalue weighted by molar-refractivity contribution is 0.330. The minimum atomic E-state index is -0.827. The summed E-state index contributed by atoms with van der Waals surface area (Å²) in [6.07, 6.45) is 0. The Bertz CT molecular complexity index is 1030. The normalized spacial score (nSPS) is 15.4. The number of hydrogen-bond acceptors (Lipinski definition) is 2. The number of rotatable bonds is 2. The molecule has 1 heterocycles. The van der Waals surface area contributed by atoms with Crippen LogP contribution in [-0.2, 0) is 0 Å². The molecule has 25 heavy (non-hydrogen) atoms. The summed E-state index contributed by atoms with van der Waals surface area (Å²) in [5.74, 6) is -1.15. The highest BCUT2D eigenvalue weighted by atomic mass is 19.2. The molecule has 1 aliphatic carbocycles. The first kappa shape index (κ1) is 16.0. The van der Waals surface area contributed by atoms with Crippen LogP contribution in [0.1, 0.15) is 42.1 Å². The molecule has 0 spiro atoms. The zero-order valence-corrected chi connectivity index (χ0v) is 14.7. The Hall–Kier alpha value is -2.49. The molecule has 128 valence electrons. The maximum Gasteiger partial charge on any atom is 0.222 e. The van der Waals surface area contributed by atoms with Crippen molar-refractivity contribution >= 4 is 10.8 Å². The Labute approximate surface area is 145 Å². The van der Waals surface area contributed by atoms with Crippen molar-refractivity contribution in [1.29, 1.82) is 0 Å². The molecule has 1 atom stereocenters. The molecule has 0 amide bonds.